The largest absolute Gasteiger partial charge is 0.494 e. The Hall–Kier alpha value is -1.06. The summed E-state index contributed by atoms with van der Waals surface area (Å²) in [5.74, 6) is 0.968. The van der Waals surface area contributed by atoms with Crippen molar-refractivity contribution in [2.24, 2.45) is 0 Å². The summed E-state index contributed by atoms with van der Waals surface area (Å²) in [6.07, 6.45) is 0.532. The van der Waals surface area contributed by atoms with E-state index in [9.17, 15) is 4.79 Å². The minimum atomic E-state index is 0. The summed E-state index contributed by atoms with van der Waals surface area (Å²) >= 11 is 0. The molecule has 4 heteroatoms. The van der Waals surface area contributed by atoms with Crippen molar-refractivity contribution in [2.75, 3.05) is 20.2 Å². The molecular weight excluding hydrogens is 226 g/mol. The highest BCUT2D eigenvalue weighted by atomic mass is 35.5. The van der Waals surface area contributed by atoms with Gasteiger partial charge in [0.05, 0.1) is 6.61 Å². The van der Waals surface area contributed by atoms with Gasteiger partial charge >= 0.3 is 0 Å². The SMILES string of the molecule is CCOc1ccc(C(=O)CCNC)cc1.Cl. The number of benzene rings is 1. The molecule has 1 rings (SSSR count). The number of halogens is 1. The highest BCUT2D eigenvalue weighted by Crippen LogP contribution is 2.13. The zero-order chi connectivity index (χ0) is 11.1. The number of ether oxygens (including phenoxy) is 1. The van der Waals surface area contributed by atoms with Crippen LogP contribution in [0.1, 0.15) is 23.7 Å². The predicted molar refractivity (Wildman–Crippen MR) is 67.7 cm³/mol. The van der Waals surface area contributed by atoms with Gasteiger partial charge in [0.2, 0.25) is 0 Å². The molecule has 0 atom stereocenters. The molecule has 0 aliphatic carbocycles. The molecule has 0 radical (unpaired) electrons. The van der Waals surface area contributed by atoms with Gasteiger partial charge in [-0.1, -0.05) is 0 Å². The zero-order valence-corrected chi connectivity index (χ0v) is 10.5. The van der Waals surface area contributed by atoms with E-state index in [1.165, 1.54) is 0 Å². The monoisotopic (exact) mass is 243 g/mol. The van der Waals surface area contributed by atoms with Crippen molar-refractivity contribution in [3.63, 3.8) is 0 Å². The molecule has 1 aromatic rings. The number of carbonyl (C=O) groups is 1. The number of rotatable bonds is 6. The molecule has 1 N–H and O–H groups in total. The summed E-state index contributed by atoms with van der Waals surface area (Å²) in [7, 11) is 1.84. The maximum atomic E-state index is 11.6. The molecule has 0 unspecified atom stereocenters. The summed E-state index contributed by atoms with van der Waals surface area (Å²) in [4.78, 5) is 11.6. The van der Waals surface area contributed by atoms with Crippen LogP contribution >= 0.6 is 12.4 Å². The third-order valence-corrected chi connectivity index (χ3v) is 2.09. The molecule has 0 spiro atoms. The molecule has 0 saturated carbocycles. The van der Waals surface area contributed by atoms with E-state index in [1.54, 1.807) is 0 Å². The third-order valence-electron chi connectivity index (χ3n) is 2.09. The molecule has 0 heterocycles. The lowest BCUT2D eigenvalue weighted by atomic mass is 10.1. The fraction of sp³-hybridized carbons (Fsp3) is 0.417. The third kappa shape index (κ3) is 4.64. The standard InChI is InChI=1S/C12H17NO2.ClH/c1-3-15-11-6-4-10(5-7-11)12(14)8-9-13-2;/h4-7,13H,3,8-9H2,1-2H3;1H. The minimum Gasteiger partial charge on any atom is -0.494 e. The average Bonchev–Trinajstić information content (AvgIpc) is 2.27. The Morgan fingerprint density at radius 1 is 1.31 bits per heavy atom. The van der Waals surface area contributed by atoms with Crippen LogP contribution in [0.15, 0.2) is 24.3 Å². The number of Topliss-reactive ketones (excluding diaryl/α,β-unsaturated/α-hetero) is 1. The first-order valence-electron chi connectivity index (χ1n) is 5.18. The van der Waals surface area contributed by atoms with Gasteiger partial charge in [0.15, 0.2) is 5.78 Å². The van der Waals surface area contributed by atoms with Gasteiger partial charge in [-0.05, 0) is 38.2 Å². The normalized spacial score (nSPS) is 9.38. The van der Waals surface area contributed by atoms with Gasteiger partial charge < -0.3 is 10.1 Å². The zero-order valence-electron chi connectivity index (χ0n) is 9.66. The van der Waals surface area contributed by atoms with Gasteiger partial charge in [-0.15, -0.1) is 12.4 Å². The van der Waals surface area contributed by atoms with E-state index in [-0.39, 0.29) is 18.2 Å². The van der Waals surface area contributed by atoms with Crippen molar-refractivity contribution in [1.29, 1.82) is 0 Å². The molecule has 16 heavy (non-hydrogen) atoms. The van der Waals surface area contributed by atoms with Crippen molar-refractivity contribution in [3.05, 3.63) is 29.8 Å². The number of carbonyl (C=O) groups excluding carboxylic acids is 1. The molecule has 90 valence electrons. The second-order valence-electron chi connectivity index (χ2n) is 3.23. The first kappa shape index (κ1) is 14.9. The van der Waals surface area contributed by atoms with E-state index in [1.807, 2.05) is 38.2 Å². The molecule has 0 amide bonds. The number of nitrogens with one attached hydrogen (secondary N) is 1. The summed E-state index contributed by atoms with van der Waals surface area (Å²) in [5, 5.41) is 2.95. The van der Waals surface area contributed by atoms with Crippen LogP contribution in [0.25, 0.3) is 0 Å². The highest BCUT2D eigenvalue weighted by molar-refractivity contribution is 5.96. The molecule has 0 aromatic heterocycles. The van der Waals surface area contributed by atoms with E-state index >= 15 is 0 Å². The smallest absolute Gasteiger partial charge is 0.164 e. The maximum Gasteiger partial charge on any atom is 0.164 e. The Balaban J connectivity index is 0.00000225. The van der Waals surface area contributed by atoms with Crippen molar-refractivity contribution in [2.45, 2.75) is 13.3 Å². The lowest BCUT2D eigenvalue weighted by molar-refractivity contribution is 0.0983. The van der Waals surface area contributed by atoms with Gasteiger partial charge in [0.25, 0.3) is 0 Å². The van der Waals surface area contributed by atoms with E-state index in [4.69, 9.17) is 4.74 Å². The van der Waals surface area contributed by atoms with Crippen LogP contribution in [0.3, 0.4) is 0 Å². The number of hydrogen-bond donors (Lipinski definition) is 1. The Morgan fingerprint density at radius 3 is 2.44 bits per heavy atom. The molecule has 0 fully saturated rings. The van der Waals surface area contributed by atoms with Gasteiger partial charge in [-0.3, -0.25) is 4.79 Å². The summed E-state index contributed by atoms with van der Waals surface area (Å²) in [6, 6.07) is 7.28. The predicted octanol–water partition coefficient (Wildman–Crippen LogP) is 2.30. The average molecular weight is 244 g/mol. The highest BCUT2D eigenvalue weighted by Gasteiger charge is 2.04. The summed E-state index contributed by atoms with van der Waals surface area (Å²) in [6.45, 7) is 3.30. The Kier molecular flexibility index (Phi) is 7.60. The van der Waals surface area contributed by atoms with Crippen LogP contribution in [0.4, 0.5) is 0 Å². The van der Waals surface area contributed by atoms with Crippen LogP contribution in [0.5, 0.6) is 5.75 Å². The van der Waals surface area contributed by atoms with Crippen LogP contribution in [0, 0.1) is 0 Å². The second-order valence-corrected chi connectivity index (χ2v) is 3.23. The fourth-order valence-corrected chi connectivity index (χ4v) is 1.29. The topological polar surface area (TPSA) is 38.3 Å². The molecule has 3 nitrogen and oxygen atoms in total. The number of ketones is 1. The molecule has 0 saturated heterocycles. The molecule has 0 aliphatic heterocycles. The molecule has 0 aliphatic rings. The summed E-state index contributed by atoms with van der Waals surface area (Å²) in [5.41, 5.74) is 0.744. The first-order chi connectivity index (χ1) is 7.27. The van der Waals surface area contributed by atoms with E-state index in [2.05, 4.69) is 5.32 Å². The minimum absolute atomic E-state index is 0. The van der Waals surface area contributed by atoms with Crippen LogP contribution in [-0.2, 0) is 0 Å². The second kappa shape index (κ2) is 8.13. The molecular formula is C12H18ClNO2. The van der Waals surface area contributed by atoms with Crippen molar-refractivity contribution >= 4 is 18.2 Å². The lowest BCUT2D eigenvalue weighted by Gasteiger charge is -2.04. The van der Waals surface area contributed by atoms with Gasteiger partial charge in [-0.2, -0.15) is 0 Å². The van der Waals surface area contributed by atoms with Crippen molar-refractivity contribution in [1.82, 2.24) is 5.32 Å². The van der Waals surface area contributed by atoms with E-state index < -0.39 is 0 Å². The van der Waals surface area contributed by atoms with Crippen LogP contribution in [0.2, 0.25) is 0 Å². The van der Waals surface area contributed by atoms with Gasteiger partial charge in [0.1, 0.15) is 5.75 Å². The lowest BCUT2D eigenvalue weighted by Crippen LogP contribution is -2.12. The first-order valence-corrected chi connectivity index (χ1v) is 5.18. The van der Waals surface area contributed by atoms with Crippen LogP contribution in [-0.4, -0.2) is 26.0 Å². The van der Waals surface area contributed by atoms with E-state index in [0.29, 0.717) is 19.6 Å². The quantitative estimate of drug-likeness (QED) is 0.780. The van der Waals surface area contributed by atoms with Crippen LogP contribution < -0.4 is 10.1 Å². The van der Waals surface area contributed by atoms with Crippen molar-refractivity contribution < 1.29 is 9.53 Å². The Labute approximate surface area is 103 Å². The Bertz CT molecular complexity index is 311. The van der Waals surface area contributed by atoms with Gasteiger partial charge in [-0.25, -0.2) is 0 Å². The van der Waals surface area contributed by atoms with Crippen molar-refractivity contribution in [3.8, 4) is 5.75 Å². The number of hydrogen-bond acceptors (Lipinski definition) is 3. The molecule has 1 aromatic carbocycles. The summed E-state index contributed by atoms with van der Waals surface area (Å²) < 4.78 is 5.30. The van der Waals surface area contributed by atoms with E-state index in [0.717, 1.165) is 11.3 Å². The fourth-order valence-electron chi connectivity index (χ4n) is 1.29. The maximum absolute atomic E-state index is 11.6. The molecule has 0 bridgehead atoms. The van der Waals surface area contributed by atoms with Gasteiger partial charge in [0, 0.05) is 18.5 Å². The Morgan fingerprint density at radius 2 is 1.94 bits per heavy atom.